The zero-order chi connectivity index (χ0) is 14.1. The van der Waals surface area contributed by atoms with E-state index in [0.29, 0.717) is 5.69 Å². The van der Waals surface area contributed by atoms with E-state index < -0.39 is 10.7 Å². The van der Waals surface area contributed by atoms with Crippen molar-refractivity contribution in [3.05, 3.63) is 34.1 Å². The maximum Gasteiger partial charge on any atom is 0.274 e. The number of rotatable bonds is 4. The van der Waals surface area contributed by atoms with E-state index in [2.05, 4.69) is 4.90 Å². The van der Waals surface area contributed by atoms with Crippen LogP contribution in [0, 0.1) is 21.8 Å². The first-order valence-corrected chi connectivity index (χ1v) is 7.04. The molecule has 0 bridgehead atoms. The predicted octanol–water partition coefficient (Wildman–Crippen LogP) is 2.27. The Morgan fingerprint density at radius 3 is 2.50 bits per heavy atom. The molecule has 0 aromatic heterocycles. The molecule has 5 nitrogen and oxygen atoms in total. The molecule has 1 saturated carbocycles. The lowest BCUT2D eigenvalue weighted by Crippen LogP contribution is -2.47. The molecule has 1 aromatic rings. The summed E-state index contributed by atoms with van der Waals surface area (Å²) in [7, 11) is 0. The van der Waals surface area contributed by atoms with E-state index in [0.717, 1.165) is 44.7 Å². The van der Waals surface area contributed by atoms with Gasteiger partial charge in [-0.15, -0.1) is 0 Å². The van der Waals surface area contributed by atoms with Crippen molar-refractivity contribution in [1.82, 2.24) is 4.90 Å². The molecular formula is C14H18FN3O2. The number of nitro groups is 1. The Morgan fingerprint density at radius 2 is 1.90 bits per heavy atom. The number of non-ortho nitro benzene ring substituents is 1. The molecule has 0 radical (unpaired) electrons. The molecule has 1 aliphatic carbocycles. The van der Waals surface area contributed by atoms with Crippen LogP contribution >= 0.6 is 0 Å². The Hall–Kier alpha value is -1.69. The van der Waals surface area contributed by atoms with Gasteiger partial charge in [-0.2, -0.15) is 0 Å². The third-order valence-electron chi connectivity index (χ3n) is 4.03. The lowest BCUT2D eigenvalue weighted by Gasteiger charge is -2.36. The molecule has 1 aliphatic heterocycles. The van der Waals surface area contributed by atoms with Gasteiger partial charge in [0.25, 0.3) is 5.69 Å². The lowest BCUT2D eigenvalue weighted by molar-refractivity contribution is -0.385. The number of piperazine rings is 1. The average molecular weight is 279 g/mol. The van der Waals surface area contributed by atoms with Crippen molar-refractivity contribution in [2.45, 2.75) is 12.8 Å². The summed E-state index contributed by atoms with van der Waals surface area (Å²) in [6, 6.07) is 3.80. The molecule has 0 amide bonds. The molecule has 1 aromatic carbocycles. The van der Waals surface area contributed by atoms with Gasteiger partial charge in [0.1, 0.15) is 5.82 Å². The summed E-state index contributed by atoms with van der Waals surface area (Å²) < 4.78 is 13.5. The highest BCUT2D eigenvalue weighted by Crippen LogP contribution is 2.30. The van der Waals surface area contributed by atoms with Crippen molar-refractivity contribution in [2.24, 2.45) is 5.92 Å². The van der Waals surface area contributed by atoms with E-state index in [9.17, 15) is 14.5 Å². The number of nitro benzene ring substituents is 1. The van der Waals surface area contributed by atoms with Crippen LogP contribution in [0.1, 0.15) is 12.8 Å². The van der Waals surface area contributed by atoms with E-state index in [4.69, 9.17) is 0 Å². The third kappa shape index (κ3) is 3.07. The number of halogens is 1. The number of nitrogens with zero attached hydrogens (tertiary/aromatic N) is 3. The van der Waals surface area contributed by atoms with Crippen molar-refractivity contribution in [3.8, 4) is 0 Å². The van der Waals surface area contributed by atoms with Crippen LogP contribution < -0.4 is 4.90 Å². The molecule has 1 heterocycles. The van der Waals surface area contributed by atoms with Gasteiger partial charge >= 0.3 is 0 Å². The van der Waals surface area contributed by atoms with Crippen LogP contribution in [0.4, 0.5) is 15.8 Å². The molecule has 1 saturated heterocycles. The van der Waals surface area contributed by atoms with Crippen molar-refractivity contribution < 1.29 is 9.31 Å². The van der Waals surface area contributed by atoms with Crippen molar-refractivity contribution in [3.63, 3.8) is 0 Å². The minimum Gasteiger partial charge on any atom is -0.369 e. The van der Waals surface area contributed by atoms with Gasteiger partial charge in [0, 0.05) is 44.5 Å². The highest BCUT2D eigenvalue weighted by atomic mass is 19.1. The van der Waals surface area contributed by atoms with Gasteiger partial charge in [0.2, 0.25) is 0 Å². The summed E-state index contributed by atoms with van der Waals surface area (Å²) in [6.45, 7) is 4.65. The largest absolute Gasteiger partial charge is 0.369 e. The number of benzene rings is 1. The maximum atomic E-state index is 13.5. The van der Waals surface area contributed by atoms with Crippen molar-refractivity contribution >= 4 is 11.4 Å². The number of hydrogen-bond donors (Lipinski definition) is 0. The molecule has 6 heteroatoms. The minimum absolute atomic E-state index is 0.180. The van der Waals surface area contributed by atoms with Gasteiger partial charge < -0.3 is 4.90 Å². The van der Waals surface area contributed by atoms with Crippen molar-refractivity contribution in [1.29, 1.82) is 0 Å². The van der Waals surface area contributed by atoms with E-state index >= 15 is 0 Å². The molecule has 20 heavy (non-hydrogen) atoms. The normalized spacial score (nSPS) is 20.1. The van der Waals surface area contributed by atoms with Gasteiger partial charge in [0.15, 0.2) is 0 Å². The second-order valence-electron chi connectivity index (χ2n) is 5.66. The first-order chi connectivity index (χ1) is 9.61. The number of hydrogen-bond acceptors (Lipinski definition) is 4. The van der Waals surface area contributed by atoms with Crippen LogP contribution in [-0.2, 0) is 0 Å². The summed E-state index contributed by atoms with van der Waals surface area (Å²) >= 11 is 0. The molecule has 3 rings (SSSR count). The van der Waals surface area contributed by atoms with Crippen LogP contribution in [0.25, 0.3) is 0 Å². The SMILES string of the molecule is O=[N+]([O-])c1cc(F)cc(N2CCN(CC3CC3)CC2)c1. The number of anilines is 1. The van der Waals surface area contributed by atoms with E-state index in [-0.39, 0.29) is 5.69 Å². The molecule has 0 atom stereocenters. The van der Waals surface area contributed by atoms with Crippen LogP contribution in [-0.4, -0.2) is 42.5 Å². The van der Waals surface area contributed by atoms with Crippen LogP contribution in [0.15, 0.2) is 18.2 Å². The standard InChI is InChI=1S/C14H18FN3O2/c15-12-7-13(9-14(8-12)18(19)20)17-5-3-16(4-6-17)10-11-1-2-11/h7-9,11H,1-6,10H2. The van der Waals surface area contributed by atoms with Gasteiger partial charge in [-0.05, 0) is 24.8 Å². The Bertz CT molecular complexity index is 511. The fourth-order valence-corrected chi connectivity index (χ4v) is 2.70. The second-order valence-corrected chi connectivity index (χ2v) is 5.66. The fourth-order valence-electron chi connectivity index (χ4n) is 2.70. The predicted molar refractivity (Wildman–Crippen MR) is 74.4 cm³/mol. The first-order valence-electron chi connectivity index (χ1n) is 7.04. The minimum atomic E-state index is -0.547. The second kappa shape index (κ2) is 5.36. The summed E-state index contributed by atoms with van der Waals surface area (Å²) in [5, 5.41) is 10.8. The lowest BCUT2D eigenvalue weighted by atomic mass is 10.2. The first kappa shape index (κ1) is 13.3. The molecule has 108 valence electrons. The third-order valence-corrected chi connectivity index (χ3v) is 4.03. The molecule has 0 N–H and O–H groups in total. The smallest absolute Gasteiger partial charge is 0.274 e. The summed E-state index contributed by atoms with van der Waals surface area (Å²) in [4.78, 5) is 14.7. The average Bonchev–Trinajstić information content (AvgIpc) is 3.23. The zero-order valence-electron chi connectivity index (χ0n) is 11.3. The summed E-state index contributed by atoms with van der Waals surface area (Å²) in [5.41, 5.74) is 0.434. The van der Waals surface area contributed by atoms with Gasteiger partial charge in [0.05, 0.1) is 11.0 Å². The van der Waals surface area contributed by atoms with Gasteiger partial charge in [-0.1, -0.05) is 0 Å². The Labute approximate surface area is 117 Å². The molecule has 2 fully saturated rings. The fraction of sp³-hybridized carbons (Fsp3) is 0.571. The Balaban J connectivity index is 1.66. The van der Waals surface area contributed by atoms with Gasteiger partial charge in [-0.25, -0.2) is 4.39 Å². The van der Waals surface area contributed by atoms with Crippen LogP contribution in [0.2, 0.25) is 0 Å². The van der Waals surface area contributed by atoms with Crippen LogP contribution in [0.5, 0.6) is 0 Å². The van der Waals surface area contributed by atoms with E-state index in [1.54, 1.807) is 0 Å². The summed E-state index contributed by atoms with van der Waals surface area (Å²) in [6.07, 6.45) is 2.69. The monoisotopic (exact) mass is 279 g/mol. The van der Waals surface area contributed by atoms with Crippen LogP contribution in [0.3, 0.4) is 0 Å². The quantitative estimate of drug-likeness (QED) is 0.626. The highest BCUT2D eigenvalue weighted by Gasteiger charge is 2.26. The summed E-state index contributed by atoms with van der Waals surface area (Å²) in [5.74, 6) is 0.325. The van der Waals surface area contributed by atoms with E-state index in [1.807, 2.05) is 4.90 Å². The Kier molecular flexibility index (Phi) is 3.56. The van der Waals surface area contributed by atoms with E-state index in [1.165, 1.54) is 25.0 Å². The molecular weight excluding hydrogens is 261 g/mol. The molecule has 0 spiro atoms. The molecule has 0 unspecified atom stereocenters. The van der Waals surface area contributed by atoms with Crippen molar-refractivity contribution in [2.75, 3.05) is 37.6 Å². The Morgan fingerprint density at radius 1 is 1.20 bits per heavy atom. The topological polar surface area (TPSA) is 49.6 Å². The molecule has 2 aliphatic rings. The zero-order valence-corrected chi connectivity index (χ0v) is 11.3. The highest BCUT2D eigenvalue weighted by molar-refractivity contribution is 5.54. The maximum absolute atomic E-state index is 13.5. The van der Waals surface area contributed by atoms with Gasteiger partial charge in [-0.3, -0.25) is 15.0 Å².